The van der Waals surface area contributed by atoms with E-state index in [9.17, 15) is 5.11 Å². The zero-order chi connectivity index (χ0) is 17.2. The van der Waals surface area contributed by atoms with E-state index in [-0.39, 0.29) is 12.5 Å². The van der Waals surface area contributed by atoms with E-state index in [4.69, 9.17) is 4.42 Å². The SMILES string of the molecule is Cn1cc([C@@H]2CN(Cc3coc(-c4ccccc4)n3)C[C@H]2CO)cn1. The summed E-state index contributed by atoms with van der Waals surface area (Å²) in [6.07, 6.45) is 5.68. The molecule has 1 fully saturated rings. The number of aliphatic hydroxyl groups excluding tert-OH is 1. The lowest BCUT2D eigenvalue weighted by atomic mass is 9.92. The van der Waals surface area contributed by atoms with Crippen LogP contribution in [0.5, 0.6) is 0 Å². The highest BCUT2D eigenvalue weighted by atomic mass is 16.3. The Morgan fingerprint density at radius 2 is 2.08 bits per heavy atom. The molecule has 2 aromatic heterocycles. The quantitative estimate of drug-likeness (QED) is 0.773. The third-order valence-electron chi connectivity index (χ3n) is 4.86. The van der Waals surface area contributed by atoms with Crippen LogP contribution in [0.15, 0.2) is 53.4 Å². The van der Waals surface area contributed by atoms with Crippen molar-refractivity contribution in [3.05, 3.63) is 60.2 Å². The maximum atomic E-state index is 9.75. The van der Waals surface area contributed by atoms with Gasteiger partial charge in [-0.25, -0.2) is 4.98 Å². The standard InChI is InChI=1S/C19H22N4O2/c1-22-8-15(7-20-22)18-11-23(9-16(18)12-24)10-17-13-25-19(21-17)14-5-3-2-4-6-14/h2-8,13,16,18,24H,9-12H2,1H3/t16-,18-/m0/s1. The van der Waals surface area contributed by atoms with E-state index in [1.165, 1.54) is 5.56 Å². The molecule has 3 heterocycles. The molecule has 25 heavy (non-hydrogen) atoms. The fraction of sp³-hybridized carbons (Fsp3) is 0.368. The highest BCUT2D eigenvalue weighted by Gasteiger charge is 2.34. The number of oxazole rings is 1. The molecule has 0 aliphatic carbocycles. The third kappa shape index (κ3) is 3.36. The number of hydrogen-bond acceptors (Lipinski definition) is 5. The third-order valence-corrected chi connectivity index (χ3v) is 4.86. The second-order valence-corrected chi connectivity index (χ2v) is 6.70. The second kappa shape index (κ2) is 6.82. The Labute approximate surface area is 146 Å². The predicted octanol–water partition coefficient (Wildman–Crippen LogP) is 2.28. The molecule has 6 nitrogen and oxygen atoms in total. The summed E-state index contributed by atoms with van der Waals surface area (Å²) in [5.41, 5.74) is 3.09. The van der Waals surface area contributed by atoms with E-state index in [1.54, 1.807) is 6.26 Å². The van der Waals surface area contributed by atoms with Crippen LogP contribution in [-0.2, 0) is 13.6 Å². The minimum Gasteiger partial charge on any atom is -0.444 e. The van der Waals surface area contributed by atoms with Gasteiger partial charge in [0.2, 0.25) is 5.89 Å². The van der Waals surface area contributed by atoms with Crippen molar-refractivity contribution < 1.29 is 9.52 Å². The van der Waals surface area contributed by atoms with Gasteiger partial charge in [0.05, 0.1) is 11.9 Å². The first-order valence-corrected chi connectivity index (χ1v) is 8.54. The number of benzene rings is 1. The van der Waals surface area contributed by atoms with E-state index in [0.717, 1.165) is 30.9 Å². The topological polar surface area (TPSA) is 67.3 Å². The maximum absolute atomic E-state index is 9.75. The molecule has 0 radical (unpaired) electrons. The molecule has 2 atom stereocenters. The molecule has 0 saturated carbocycles. The van der Waals surface area contributed by atoms with Crippen LogP contribution in [0.1, 0.15) is 17.2 Å². The molecule has 6 heteroatoms. The number of nitrogens with zero attached hydrogens (tertiary/aromatic N) is 4. The summed E-state index contributed by atoms with van der Waals surface area (Å²) in [5, 5.41) is 14.0. The fourth-order valence-electron chi connectivity index (χ4n) is 3.61. The van der Waals surface area contributed by atoms with Gasteiger partial charge in [-0.05, 0) is 17.7 Å². The summed E-state index contributed by atoms with van der Waals surface area (Å²) >= 11 is 0. The monoisotopic (exact) mass is 338 g/mol. The molecule has 0 unspecified atom stereocenters. The molecule has 130 valence electrons. The molecule has 1 N–H and O–H groups in total. The highest BCUT2D eigenvalue weighted by molar-refractivity contribution is 5.52. The zero-order valence-electron chi connectivity index (χ0n) is 14.2. The van der Waals surface area contributed by atoms with Gasteiger partial charge in [-0.3, -0.25) is 9.58 Å². The fourth-order valence-corrected chi connectivity index (χ4v) is 3.61. The molecule has 3 aromatic rings. The molecule has 0 amide bonds. The molecule has 1 aromatic carbocycles. The van der Waals surface area contributed by atoms with E-state index in [2.05, 4.69) is 15.0 Å². The summed E-state index contributed by atoms with van der Waals surface area (Å²) in [5.74, 6) is 1.18. The van der Waals surface area contributed by atoms with Crippen LogP contribution in [0.25, 0.3) is 11.5 Å². The predicted molar refractivity (Wildman–Crippen MR) is 93.7 cm³/mol. The molecule has 0 spiro atoms. The molecule has 1 aliphatic rings. The van der Waals surface area contributed by atoms with Gasteiger partial charge in [0, 0.05) is 56.9 Å². The van der Waals surface area contributed by atoms with Crippen LogP contribution in [0.4, 0.5) is 0 Å². The summed E-state index contributed by atoms with van der Waals surface area (Å²) in [4.78, 5) is 6.93. The van der Waals surface area contributed by atoms with Crippen molar-refractivity contribution in [2.45, 2.75) is 12.5 Å². The molecule has 1 aliphatic heterocycles. The van der Waals surface area contributed by atoms with Gasteiger partial charge in [0.15, 0.2) is 0 Å². The molecular formula is C19H22N4O2. The smallest absolute Gasteiger partial charge is 0.226 e. The van der Waals surface area contributed by atoms with Crippen LogP contribution in [0.3, 0.4) is 0 Å². The maximum Gasteiger partial charge on any atom is 0.226 e. The number of aryl methyl sites for hydroxylation is 1. The van der Waals surface area contributed by atoms with Crippen LogP contribution < -0.4 is 0 Å². The summed E-state index contributed by atoms with van der Waals surface area (Å²) in [6.45, 7) is 2.65. The first-order chi connectivity index (χ1) is 12.2. The van der Waals surface area contributed by atoms with Gasteiger partial charge >= 0.3 is 0 Å². The normalized spacial score (nSPS) is 21.0. The van der Waals surface area contributed by atoms with Gasteiger partial charge in [0.1, 0.15) is 6.26 Å². The van der Waals surface area contributed by atoms with Crippen LogP contribution in [0, 0.1) is 5.92 Å². The van der Waals surface area contributed by atoms with Crippen molar-refractivity contribution in [3.8, 4) is 11.5 Å². The van der Waals surface area contributed by atoms with Gasteiger partial charge in [-0.2, -0.15) is 5.10 Å². The number of aromatic nitrogens is 3. The van der Waals surface area contributed by atoms with Crippen molar-refractivity contribution >= 4 is 0 Å². The number of likely N-dealkylation sites (tertiary alicyclic amines) is 1. The molecule has 0 bridgehead atoms. The largest absolute Gasteiger partial charge is 0.444 e. The van der Waals surface area contributed by atoms with Crippen molar-refractivity contribution in [3.63, 3.8) is 0 Å². The van der Waals surface area contributed by atoms with Crippen LogP contribution in [-0.4, -0.2) is 44.5 Å². The summed E-state index contributed by atoms with van der Waals surface area (Å²) in [7, 11) is 1.92. The Morgan fingerprint density at radius 1 is 1.24 bits per heavy atom. The number of rotatable bonds is 5. The summed E-state index contributed by atoms with van der Waals surface area (Å²) in [6, 6.07) is 9.91. The van der Waals surface area contributed by atoms with Gasteiger partial charge in [-0.1, -0.05) is 18.2 Å². The Kier molecular flexibility index (Phi) is 4.38. The average molecular weight is 338 g/mol. The number of aliphatic hydroxyl groups is 1. The average Bonchev–Trinajstić information content (AvgIpc) is 3.35. The highest BCUT2D eigenvalue weighted by Crippen LogP contribution is 2.33. The lowest BCUT2D eigenvalue weighted by molar-refractivity contribution is 0.213. The molecular weight excluding hydrogens is 316 g/mol. The van der Waals surface area contributed by atoms with E-state index in [0.29, 0.717) is 11.8 Å². The van der Waals surface area contributed by atoms with Crippen LogP contribution >= 0.6 is 0 Å². The lowest BCUT2D eigenvalue weighted by Gasteiger charge is -2.13. The van der Waals surface area contributed by atoms with Crippen LogP contribution in [0.2, 0.25) is 0 Å². The molecule has 1 saturated heterocycles. The lowest BCUT2D eigenvalue weighted by Crippen LogP contribution is -2.21. The Balaban J connectivity index is 1.46. The minimum atomic E-state index is 0.185. The van der Waals surface area contributed by atoms with Crippen molar-refractivity contribution in [1.82, 2.24) is 19.7 Å². The van der Waals surface area contributed by atoms with Gasteiger partial charge in [-0.15, -0.1) is 0 Å². The summed E-state index contributed by atoms with van der Waals surface area (Å²) < 4.78 is 7.44. The first-order valence-electron chi connectivity index (χ1n) is 8.54. The second-order valence-electron chi connectivity index (χ2n) is 6.70. The van der Waals surface area contributed by atoms with E-state index < -0.39 is 0 Å². The van der Waals surface area contributed by atoms with Gasteiger partial charge in [0.25, 0.3) is 0 Å². The molecule has 4 rings (SSSR count). The Morgan fingerprint density at radius 3 is 2.80 bits per heavy atom. The van der Waals surface area contributed by atoms with Crippen molar-refractivity contribution in [1.29, 1.82) is 0 Å². The van der Waals surface area contributed by atoms with Crippen molar-refractivity contribution in [2.24, 2.45) is 13.0 Å². The first kappa shape index (κ1) is 16.1. The number of hydrogen-bond donors (Lipinski definition) is 1. The van der Waals surface area contributed by atoms with E-state index in [1.807, 2.05) is 54.5 Å². The van der Waals surface area contributed by atoms with E-state index >= 15 is 0 Å². The Bertz CT molecular complexity index is 827. The van der Waals surface area contributed by atoms with Gasteiger partial charge < -0.3 is 9.52 Å². The van der Waals surface area contributed by atoms with Crippen molar-refractivity contribution in [2.75, 3.05) is 19.7 Å². The minimum absolute atomic E-state index is 0.185. The zero-order valence-corrected chi connectivity index (χ0v) is 14.2. The Hall–Kier alpha value is -2.44.